The number of hydrogen-bond acceptors (Lipinski definition) is 4. The van der Waals surface area contributed by atoms with Crippen LogP contribution in [0.1, 0.15) is 12.0 Å². The largest absolute Gasteiger partial charge is 0.493 e. The molecule has 74 valence electrons. The van der Waals surface area contributed by atoms with E-state index in [9.17, 15) is 9.59 Å². The number of nitrogens with one attached hydrogen (secondary N) is 1. The zero-order valence-corrected chi connectivity index (χ0v) is 7.10. The normalized spacial score (nSPS) is 10.6. The Morgan fingerprint density at radius 1 is 1.64 bits per heavy atom. The molecule has 0 atom stereocenters. The van der Waals surface area contributed by atoms with Gasteiger partial charge in [-0.3, -0.25) is 9.59 Å². The fourth-order valence-electron chi connectivity index (χ4n) is 0.829. The minimum absolute atomic E-state index is 0.0475. The minimum Gasteiger partial charge on any atom is -0.493 e. The second-order valence-corrected chi connectivity index (χ2v) is 2.47. The molecule has 14 heavy (non-hydrogen) atoms. The third-order valence-electron chi connectivity index (χ3n) is 1.44. The Labute approximate surface area is 78.6 Å². The van der Waals surface area contributed by atoms with Crippen LogP contribution in [-0.4, -0.2) is 26.2 Å². The molecule has 0 saturated carbocycles. The van der Waals surface area contributed by atoms with Gasteiger partial charge in [0.25, 0.3) is 5.56 Å². The summed E-state index contributed by atoms with van der Waals surface area (Å²) in [5, 5.41) is 17.4. The van der Waals surface area contributed by atoms with Crippen LogP contribution in [0.15, 0.2) is 17.2 Å². The second kappa shape index (κ2) is 4.22. The Hall–Kier alpha value is -2.11. The van der Waals surface area contributed by atoms with Crippen molar-refractivity contribution in [1.82, 2.24) is 9.97 Å². The van der Waals surface area contributed by atoms with E-state index in [4.69, 9.17) is 10.2 Å². The fraction of sp³-hybridized carbons (Fsp3) is 0.125. The van der Waals surface area contributed by atoms with E-state index < -0.39 is 17.4 Å². The van der Waals surface area contributed by atoms with Gasteiger partial charge in [-0.15, -0.1) is 0 Å². The van der Waals surface area contributed by atoms with Crippen LogP contribution in [0.5, 0.6) is 5.88 Å². The molecule has 0 radical (unpaired) electrons. The number of carbonyl (C=O) groups is 1. The van der Waals surface area contributed by atoms with Crippen LogP contribution in [0.2, 0.25) is 0 Å². The maximum atomic E-state index is 11.1. The number of aromatic hydroxyl groups is 1. The molecule has 1 aromatic heterocycles. The molecule has 0 saturated heterocycles. The van der Waals surface area contributed by atoms with Gasteiger partial charge in [0.1, 0.15) is 5.56 Å². The van der Waals surface area contributed by atoms with Crippen molar-refractivity contribution in [2.45, 2.75) is 6.42 Å². The van der Waals surface area contributed by atoms with Crippen molar-refractivity contribution < 1.29 is 15.0 Å². The fourth-order valence-corrected chi connectivity index (χ4v) is 0.829. The van der Waals surface area contributed by atoms with Gasteiger partial charge in [0.05, 0.1) is 12.7 Å². The van der Waals surface area contributed by atoms with Crippen molar-refractivity contribution in [1.29, 1.82) is 0 Å². The predicted molar refractivity (Wildman–Crippen MR) is 47.8 cm³/mol. The van der Waals surface area contributed by atoms with Gasteiger partial charge in [0.15, 0.2) is 0 Å². The smallest absolute Gasteiger partial charge is 0.307 e. The number of hydrogen-bond donors (Lipinski definition) is 3. The maximum absolute atomic E-state index is 11.1. The lowest BCUT2D eigenvalue weighted by molar-refractivity contribution is -0.135. The summed E-state index contributed by atoms with van der Waals surface area (Å²) in [7, 11) is 0. The molecule has 1 rings (SSSR count). The van der Waals surface area contributed by atoms with Crippen molar-refractivity contribution in [3.63, 3.8) is 0 Å². The van der Waals surface area contributed by atoms with Gasteiger partial charge in [-0.2, -0.15) is 0 Å². The molecule has 1 heterocycles. The number of H-pyrrole nitrogens is 1. The third-order valence-corrected chi connectivity index (χ3v) is 1.44. The topological polar surface area (TPSA) is 103 Å². The van der Waals surface area contributed by atoms with Crippen LogP contribution >= 0.6 is 0 Å². The Balaban J connectivity index is 2.91. The summed E-state index contributed by atoms with van der Waals surface area (Å²) in [5.41, 5.74) is -0.562. The molecule has 0 spiro atoms. The Morgan fingerprint density at radius 3 is 2.93 bits per heavy atom. The van der Waals surface area contributed by atoms with Gasteiger partial charge in [0, 0.05) is 0 Å². The highest BCUT2D eigenvalue weighted by molar-refractivity contribution is 5.70. The van der Waals surface area contributed by atoms with Gasteiger partial charge in [-0.05, 0) is 6.08 Å². The highest BCUT2D eigenvalue weighted by Gasteiger charge is 2.02. The molecule has 0 unspecified atom stereocenters. The number of carboxylic acid groups (broad SMARTS) is 1. The minimum atomic E-state index is -1.01. The molecule has 6 nitrogen and oxygen atoms in total. The lowest BCUT2D eigenvalue weighted by atomic mass is 10.2. The number of aliphatic carboxylic acids is 1. The second-order valence-electron chi connectivity index (χ2n) is 2.47. The molecule has 0 aromatic carbocycles. The average Bonchev–Trinajstić information content (AvgIpc) is 2.09. The molecular formula is C8H8N2O4. The number of aromatic nitrogens is 2. The molecule has 0 amide bonds. The number of rotatable bonds is 3. The van der Waals surface area contributed by atoms with Crippen molar-refractivity contribution in [2.75, 3.05) is 0 Å². The van der Waals surface area contributed by atoms with E-state index in [0.29, 0.717) is 0 Å². The van der Waals surface area contributed by atoms with Gasteiger partial charge in [-0.1, -0.05) is 6.08 Å². The lowest BCUT2D eigenvalue weighted by Crippen LogP contribution is -2.09. The highest BCUT2D eigenvalue weighted by atomic mass is 16.4. The Morgan fingerprint density at radius 2 is 2.36 bits per heavy atom. The first-order valence-electron chi connectivity index (χ1n) is 3.76. The molecule has 6 heteroatoms. The number of aromatic amines is 1. The molecule has 1 aromatic rings. The molecule has 0 aliphatic heterocycles. The van der Waals surface area contributed by atoms with Gasteiger partial charge in [0.2, 0.25) is 5.88 Å². The zero-order chi connectivity index (χ0) is 10.6. The van der Waals surface area contributed by atoms with E-state index in [2.05, 4.69) is 9.97 Å². The number of nitrogens with zero attached hydrogens (tertiary/aromatic N) is 1. The summed E-state index contributed by atoms with van der Waals surface area (Å²) in [5.74, 6) is -1.43. The summed E-state index contributed by atoms with van der Waals surface area (Å²) in [6.07, 6.45) is 3.32. The summed E-state index contributed by atoms with van der Waals surface area (Å²) in [6, 6.07) is 0. The van der Waals surface area contributed by atoms with Gasteiger partial charge < -0.3 is 15.2 Å². The van der Waals surface area contributed by atoms with Crippen LogP contribution in [0.25, 0.3) is 6.08 Å². The van der Waals surface area contributed by atoms with Crippen molar-refractivity contribution in [2.24, 2.45) is 0 Å². The molecule has 0 bridgehead atoms. The summed E-state index contributed by atoms with van der Waals surface area (Å²) in [6.45, 7) is 0. The molecule has 0 fully saturated rings. The van der Waals surface area contributed by atoms with E-state index >= 15 is 0 Å². The van der Waals surface area contributed by atoms with E-state index in [1.165, 1.54) is 12.2 Å². The summed E-state index contributed by atoms with van der Waals surface area (Å²) < 4.78 is 0. The van der Waals surface area contributed by atoms with E-state index in [-0.39, 0.29) is 12.0 Å². The van der Waals surface area contributed by atoms with E-state index in [1.54, 1.807) is 0 Å². The quantitative estimate of drug-likeness (QED) is 0.629. The van der Waals surface area contributed by atoms with Crippen molar-refractivity contribution in [3.05, 3.63) is 28.3 Å². The standard InChI is InChI=1S/C8H8N2O4/c11-6(12)3-1-2-5-7(13)9-4-10-8(5)14/h1-2,4H,3H2,(H,11,12)(H2,9,10,13,14). The highest BCUT2D eigenvalue weighted by Crippen LogP contribution is 2.08. The summed E-state index contributed by atoms with van der Waals surface area (Å²) in [4.78, 5) is 26.9. The first-order chi connectivity index (χ1) is 6.61. The van der Waals surface area contributed by atoms with Crippen LogP contribution in [0.4, 0.5) is 0 Å². The Kier molecular flexibility index (Phi) is 3.01. The first-order valence-corrected chi connectivity index (χ1v) is 3.76. The number of carboxylic acids is 1. The predicted octanol–water partition coefficient (Wildman–Crippen LogP) is -0.0366. The average molecular weight is 196 g/mol. The SMILES string of the molecule is O=C(O)CC=Cc1c(O)nc[nH]c1=O. The zero-order valence-electron chi connectivity index (χ0n) is 7.10. The van der Waals surface area contributed by atoms with Crippen LogP contribution < -0.4 is 5.56 Å². The van der Waals surface area contributed by atoms with Gasteiger partial charge >= 0.3 is 5.97 Å². The molecule has 0 aliphatic carbocycles. The first kappa shape index (κ1) is 9.97. The van der Waals surface area contributed by atoms with Crippen LogP contribution in [-0.2, 0) is 4.79 Å². The maximum Gasteiger partial charge on any atom is 0.307 e. The monoisotopic (exact) mass is 196 g/mol. The van der Waals surface area contributed by atoms with E-state index in [0.717, 1.165) is 6.33 Å². The molecule has 3 N–H and O–H groups in total. The van der Waals surface area contributed by atoms with E-state index in [1.807, 2.05) is 0 Å². The molecular weight excluding hydrogens is 188 g/mol. The van der Waals surface area contributed by atoms with Crippen molar-refractivity contribution >= 4 is 12.0 Å². The lowest BCUT2D eigenvalue weighted by Gasteiger charge is -1.94. The van der Waals surface area contributed by atoms with Crippen LogP contribution in [0.3, 0.4) is 0 Å². The summed E-state index contributed by atoms with van der Waals surface area (Å²) >= 11 is 0. The van der Waals surface area contributed by atoms with Crippen LogP contribution in [0, 0.1) is 0 Å². The molecule has 0 aliphatic rings. The van der Waals surface area contributed by atoms with Gasteiger partial charge in [-0.25, -0.2) is 4.98 Å². The third kappa shape index (κ3) is 2.44. The van der Waals surface area contributed by atoms with Crippen molar-refractivity contribution in [3.8, 4) is 5.88 Å². The Bertz CT molecular complexity index is 422.